The highest BCUT2D eigenvalue weighted by Crippen LogP contribution is 2.20. The molecular weight excluding hydrogens is 214 g/mol. The third-order valence-electron chi connectivity index (χ3n) is 2.77. The van der Waals surface area contributed by atoms with Crippen LogP contribution in [0.2, 0.25) is 0 Å². The van der Waals surface area contributed by atoms with Crippen LogP contribution in [-0.2, 0) is 4.74 Å². The number of nitriles is 1. The number of morpholine rings is 1. The third kappa shape index (κ3) is 5.03. The van der Waals surface area contributed by atoms with Crippen LogP contribution in [0.5, 0.6) is 0 Å². The third-order valence-corrected chi connectivity index (χ3v) is 2.77. The summed E-state index contributed by atoms with van der Waals surface area (Å²) in [5, 5.41) is 12.4. The summed E-state index contributed by atoms with van der Waals surface area (Å²) in [6.07, 6.45) is 0.233. The van der Waals surface area contributed by atoms with Gasteiger partial charge in [0.15, 0.2) is 0 Å². The first-order valence-electron chi connectivity index (χ1n) is 6.38. The van der Waals surface area contributed by atoms with Crippen LogP contribution in [0.3, 0.4) is 0 Å². The van der Waals surface area contributed by atoms with E-state index in [2.05, 4.69) is 50.9 Å². The fourth-order valence-corrected chi connectivity index (χ4v) is 2.52. The van der Waals surface area contributed by atoms with Crippen molar-refractivity contribution in [3.05, 3.63) is 0 Å². The van der Waals surface area contributed by atoms with Gasteiger partial charge in [-0.15, -0.1) is 0 Å². The van der Waals surface area contributed by atoms with Gasteiger partial charge in [-0.1, -0.05) is 0 Å². The first kappa shape index (κ1) is 14.4. The summed E-state index contributed by atoms with van der Waals surface area (Å²) in [5.74, 6) is 0. The molecule has 1 N–H and O–H groups in total. The molecule has 0 aromatic heterocycles. The molecule has 1 saturated heterocycles. The van der Waals surface area contributed by atoms with Crippen LogP contribution in [0.15, 0.2) is 0 Å². The number of ether oxygens (including phenoxy) is 1. The number of nitrogens with zero attached hydrogens (tertiary/aromatic N) is 2. The van der Waals surface area contributed by atoms with Crippen LogP contribution in [0, 0.1) is 11.3 Å². The van der Waals surface area contributed by atoms with Gasteiger partial charge >= 0.3 is 0 Å². The van der Waals surface area contributed by atoms with Crippen LogP contribution in [-0.4, -0.2) is 48.3 Å². The van der Waals surface area contributed by atoms with E-state index in [0.29, 0.717) is 6.04 Å². The zero-order valence-electron chi connectivity index (χ0n) is 11.7. The van der Waals surface area contributed by atoms with E-state index in [1.807, 2.05) is 0 Å². The van der Waals surface area contributed by atoms with Crippen LogP contribution >= 0.6 is 0 Å². The van der Waals surface area contributed by atoms with Crippen molar-refractivity contribution >= 4 is 0 Å². The average molecular weight is 239 g/mol. The standard InChI is InChI=1S/C13H25N3O/c1-10(2)15-12(6-14)8-16-7-11(3)17-13(4,5)9-16/h10-12,15H,7-9H2,1-5H3. The molecule has 1 rings (SSSR count). The van der Waals surface area contributed by atoms with Crippen molar-refractivity contribution in [2.45, 2.75) is 58.4 Å². The molecule has 17 heavy (non-hydrogen) atoms. The summed E-state index contributed by atoms with van der Waals surface area (Å²) in [6.45, 7) is 13.0. The lowest BCUT2D eigenvalue weighted by Gasteiger charge is -2.42. The minimum atomic E-state index is -0.116. The van der Waals surface area contributed by atoms with Crippen LogP contribution in [0.1, 0.15) is 34.6 Å². The second-order valence-electron chi connectivity index (χ2n) is 5.89. The lowest BCUT2D eigenvalue weighted by molar-refractivity contribution is -0.129. The summed E-state index contributed by atoms with van der Waals surface area (Å²) in [6, 6.07) is 2.57. The van der Waals surface area contributed by atoms with Gasteiger partial charge in [-0.2, -0.15) is 5.26 Å². The molecule has 0 aromatic rings. The number of hydrogen-bond donors (Lipinski definition) is 1. The van der Waals surface area contributed by atoms with E-state index in [0.717, 1.165) is 19.6 Å². The van der Waals surface area contributed by atoms with Crippen molar-refractivity contribution in [3.8, 4) is 6.07 Å². The topological polar surface area (TPSA) is 48.3 Å². The molecule has 1 aliphatic rings. The fraction of sp³-hybridized carbons (Fsp3) is 0.923. The van der Waals surface area contributed by atoms with E-state index < -0.39 is 0 Å². The molecule has 0 radical (unpaired) electrons. The molecule has 4 nitrogen and oxygen atoms in total. The quantitative estimate of drug-likeness (QED) is 0.805. The van der Waals surface area contributed by atoms with Crippen molar-refractivity contribution in [2.75, 3.05) is 19.6 Å². The predicted molar refractivity (Wildman–Crippen MR) is 68.7 cm³/mol. The second-order valence-corrected chi connectivity index (χ2v) is 5.89. The predicted octanol–water partition coefficient (Wildman–Crippen LogP) is 1.38. The van der Waals surface area contributed by atoms with Gasteiger partial charge in [0, 0.05) is 25.7 Å². The van der Waals surface area contributed by atoms with E-state index in [9.17, 15) is 0 Å². The first-order chi connectivity index (χ1) is 7.82. The minimum absolute atomic E-state index is 0.101. The lowest BCUT2D eigenvalue weighted by atomic mass is 10.0. The highest BCUT2D eigenvalue weighted by molar-refractivity contribution is 4.95. The molecule has 1 fully saturated rings. The van der Waals surface area contributed by atoms with E-state index in [4.69, 9.17) is 10.00 Å². The molecular formula is C13H25N3O. The van der Waals surface area contributed by atoms with E-state index in [-0.39, 0.29) is 17.7 Å². The summed E-state index contributed by atoms with van der Waals surface area (Å²) in [5.41, 5.74) is -0.116. The maximum atomic E-state index is 9.13. The van der Waals surface area contributed by atoms with Gasteiger partial charge in [0.05, 0.1) is 17.8 Å². The van der Waals surface area contributed by atoms with Gasteiger partial charge in [0.2, 0.25) is 0 Å². The van der Waals surface area contributed by atoms with Crippen molar-refractivity contribution < 1.29 is 4.74 Å². The van der Waals surface area contributed by atoms with Crippen molar-refractivity contribution in [1.29, 1.82) is 5.26 Å². The monoisotopic (exact) mass is 239 g/mol. The molecule has 1 heterocycles. The number of rotatable bonds is 4. The van der Waals surface area contributed by atoms with Gasteiger partial charge in [-0.25, -0.2) is 0 Å². The molecule has 0 spiro atoms. The Hall–Kier alpha value is -0.630. The van der Waals surface area contributed by atoms with Gasteiger partial charge in [-0.3, -0.25) is 10.2 Å². The maximum absolute atomic E-state index is 9.13. The van der Waals surface area contributed by atoms with Crippen LogP contribution in [0.25, 0.3) is 0 Å². The van der Waals surface area contributed by atoms with E-state index in [1.54, 1.807) is 0 Å². The van der Waals surface area contributed by atoms with Crippen LogP contribution in [0.4, 0.5) is 0 Å². The largest absolute Gasteiger partial charge is 0.370 e. The Morgan fingerprint density at radius 1 is 1.53 bits per heavy atom. The van der Waals surface area contributed by atoms with Gasteiger partial charge < -0.3 is 4.74 Å². The van der Waals surface area contributed by atoms with E-state index in [1.165, 1.54) is 0 Å². The molecule has 98 valence electrons. The molecule has 0 amide bonds. The molecule has 1 aliphatic heterocycles. The maximum Gasteiger partial charge on any atom is 0.108 e. The Balaban J connectivity index is 2.52. The molecule has 2 atom stereocenters. The van der Waals surface area contributed by atoms with E-state index >= 15 is 0 Å². The zero-order chi connectivity index (χ0) is 13.1. The second kappa shape index (κ2) is 5.81. The Labute approximate surface area is 105 Å². The van der Waals surface area contributed by atoms with Crippen molar-refractivity contribution in [3.63, 3.8) is 0 Å². The molecule has 2 unspecified atom stereocenters. The number of hydrogen-bond acceptors (Lipinski definition) is 4. The van der Waals surface area contributed by atoms with Gasteiger partial charge in [0.1, 0.15) is 6.04 Å². The zero-order valence-corrected chi connectivity index (χ0v) is 11.7. The summed E-state index contributed by atoms with van der Waals surface area (Å²) < 4.78 is 5.86. The first-order valence-corrected chi connectivity index (χ1v) is 6.38. The summed E-state index contributed by atoms with van der Waals surface area (Å²) >= 11 is 0. The van der Waals surface area contributed by atoms with Crippen molar-refractivity contribution in [2.24, 2.45) is 0 Å². The van der Waals surface area contributed by atoms with Gasteiger partial charge in [-0.05, 0) is 34.6 Å². The summed E-state index contributed by atoms with van der Waals surface area (Å²) in [4.78, 5) is 2.32. The smallest absolute Gasteiger partial charge is 0.108 e. The molecule has 0 bridgehead atoms. The molecule has 0 aliphatic carbocycles. The van der Waals surface area contributed by atoms with Crippen molar-refractivity contribution in [1.82, 2.24) is 10.2 Å². The molecule has 0 aromatic carbocycles. The SMILES string of the molecule is CC(C)NC(C#N)CN1CC(C)OC(C)(C)C1. The number of nitrogens with one attached hydrogen (secondary N) is 1. The Kier molecular flexibility index (Phi) is 4.93. The average Bonchev–Trinajstić information content (AvgIpc) is 2.12. The lowest BCUT2D eigenvalue weighted by Crippen LogP contribution is -2.55. The fourth-order valence-electron chi connectivity index (χ4n) is 2.52. The normalized spacial score (nSPS) is 26.8. The molecule has 0 saturated carbocycles. The molecule has 4 heteroatoms. The summed E-state index contributed by atoms with van der Waals surface area (Å²) in [7, 11) is 0. The van der Waals surface area contributed by atoms with Gasteiger partial charge in [0.25, 0.3) is 0 Å². The Bertz CT molecular complexity index is 283. The highest BCUT2D eigenvalue weighted by atomic mass is 16.5. The van der Waals surface area contributed by atoms with Crippen LogP contribution < -0.4 is 5.32 Å². The Morgan fingerprint density at radius 2 is 2.18 bits per heavy atom. The minimum Gasteiger partial charge on any atom is -0.370 e. The Morgan fingerprint density at radius 3 is 2.65 bits per heavy atom. The highest BCUT2D eigenvalue weighted by Gasteiger charge is 2.32.